The minimum absolute atomic E-state index is 0.0577. The standard InChI is InChI=1S/C43H53ClN8O6/c1-29-15-17-31(18-16-29)25-46-27-43(28-53,19-9-20-47-42(45)58)51-39(55)35(23-32-26-48-34-13-6-5-12-33(32)34)50-40(56)37-14-7-8-21-52(37)41(57)36(49-38(54)24-44)22-30-10-3-2-4-11-30/h2-6,10-13,15-18,26,28,35-37,46,48H,7-9,14,19-25,27H2,1H3,(H,49,54)(H,50,56)(H,51,55)(H3,45,47,58)/t35-,36-,37-,43+/m0/s1. The van der Waals surface area contributed by atoms with Crippen molar-refractivity contribution in [2.45, 2.75) is 82.1 Å². The number of nitrogens with two attached hydrogens (primary N) is 1. The third-order valence-corrected chi connectivity index (χ3v) is 10.7. The first-order valence-corrected chi connectivity index (χ1v) is 20.2. The van der Waals surface area contributed by atoms with Crippen LogP contribution in [0.3, 0.4) is 0 Å². The van der Waals surface area contributed by atoms with E-state index in [2.05, 4.69) is 31.6 Å². The minimum atomic E-state index is -1.43. The van der Waals surface area contributed by atoms with Crippen molar-refractivity contribution in [3.63, 3.8) is 0 Å². The third kappa shape index (κ3) is 12.1. The van der Waals surface area contributed by atoms with Gasteiger partial charge in [0.15, 0.2) is 0 Å². The zero-order valence-electron chi connectivity index (χ0n) is 32.7. The fraction of sp³-hybridized carbons (Fsp3) is 0.395. The molecule has 58 heavy (non-hydrogen) atoms. The van der Waals surface area contributed by atoms with Crippen LogP contribution in [0.2, 0.25) is 0 Å². The molecule has 308 valence electrons. The summed E-state index contributed by atoms with van der Waals surface area (Å²) in [7, 11) is 0. The summed E-state index contributed by atoms with van der Waals surface area (Å²) in [5, 5.41) is 15.3. The van der Waals surface area contributed by atoms with Crippen LogP contribution in [0.25, 0.3) is 10.9 Å². The number of alkyl halides is 1. The summed E-state index contributed by atoms with van der Waals surface area (Å²) >= 11 is 5.83. The highest BCUT2D eigenvalue weighted by Crippen LogP contribution is 2.23. The SMILES string of the molecule is Cc1ccc(CNC[C@@](C=O)(CCCNC(N)=O)NC(=O)[C@H](Cc2c[nH]c3ccccc23)NC(=O)[C@@H]2CCCCN2C(=O)[C@H](Cc2ccccc2)NC(=O)CCl)cc1. The minimum Gasteiger partial charge on any atom is -0.361 e. The quantitative estimate of drug-likeness (QED) is 0.0403. The average Bonchev–Trinajstić information content (AvgIpc) is 3.64. The van der Waals surface area contributed by atoms with Gasteiger partial charge in [-0.1, -0.05) is 78.4 Å². The lowest BCUT2D eigenvalue weighted by Gasteiger charge is -2.38. The second-order valence-electron chi connectivity index (χ2n) is 14.9. The zero-order chi connectivity index (χ0) is 41.5. The number of aromatic nitrogens is 1. The molecular formula is C43H53ClN8O6. The van der Waals surface area contributed by atoms with Crippen LogP contribution in [0.15, 0.2) is 85.1 Å². The molecule has 8 N–H and O–H groups in total. The summed E-state index contributed by atoms with van der Waals surface area (Å²) in [5.41, 5.74) is 8.37. The Hall–Kier alpha value is -5.73. The first kappa shape index (κ1) is 43.4. The maximum absolute atomic E-state index is 14.5. The smallest absolute Gasteiger partial charge is 0.312 e. The number of aryl methyl sites for hydroxylation is 1. The van der Waals surface area contributed by atoms with Crippen molar-refractivity contribution in [2.24, 2.45) is 5.73 Å². The number of carbonyl (C=O) groups excluding carboxylic acids is 6. The van der Waals surface area contributed by atoms with Crippen LogP contribution < -0.4 is 32.3 Å². The number of hydrogen-bond donors (Lipinski definition) is 7. The van der Waals surface area contributed by atoms with Gasteiger partial charge in [-0.2, -0.15) is 0 Å². The van der Waals surface area contributed by atoms with Crippen LogP contribution in [0.1, 0.15) is 54.4 Å². The van der Waals surface area contributed by atoms with Crippen LogP contribution in [0, 0.1) is 6.92 Å². The molecule has 3 aromatic carbocycles. The summed E-state index contributed by atoms with van der Waals surface area (Å²) in [6.07, 6.45) is 4.86. The lowest BCUT2D eigenvalue weighted by atomic mass is 9.93. The van der Waals surface area contributed by atoms with Gasteiger partial charge in [-0.3, -0.25) is 19.2 Å². The lowest BCUT2D eigenvalue weighted by molar-refractivity contribution is -0.145. The number of aromatic amines is 1. The van der Waals surface area contributed by atoms with Gasteiger partial charge in [0.25, 0.3) is 0 Å². The number of nitrogens with one attached hydrogen (secondary N) is 6. The Kier molecular flexibility index (Phi) is 15.8. The number of likely N-dealkylation sites (tertiary alicyclic amines) is 1. The van der Waals surface area contributed by atoms with E-state index in [0.717, 1.165) is 33.2 Å². The van der Waals surface area contributed by atoms with Crippen molar-refractivity contribution in [3.8, 4) is 0 Å². The van der Waals surface area contributed by atoms with Crippen LogP contribution in [0.5, 0.6) is 0 Å². The normalized spacial score (nSPS) is 16.0. The summed E-state index contributed by atoms with van der Waals surface area (Å²) in [4.78, 5) is 84.8. The molecule has 2 heterocycles. The molecule has 1 aliphatic rings. The molecule has 1 aromatic heterocycles. The highest BCUT2D eigenvalue weighted by molar-refractivity contribution is 6.27. The zero-order valence-corrected chi connectivity index (χ0v) is 33.5. The molecule has 15 heteroatoms. The Morgan fingerprint density at radius 3 is 2.40 bits per heavy atom. The van der Waals surface area contributed by atoms with Gasteiger partial charge in [-0.15, -0.1) is 11.6 Å². The molecule has 5 rings (SSSR count). The first-order chi connectivity index (χ1) is 28.0. The number of para-hydroxylation sites is 1. The lowest BCUT2D eigenvalue weighted by Crippen LogP contribution is -2.63. The number of halogens is 1. The van der Waals surface area contributed by atoms with Gasteiger partial charge in [0.2, 0.25) is 23.6 Å². The Balaban J connectivity index is 1.40. The number of aldehydes is 1. The molecule has 0 bridgehead atoms. The number of piperidine rings is 1. The molecule has 0 saturated carbocycles. The molecule has 0 spiro atoms. The molecule has 0 radical (unpaired) electrons. The van der Waals surface area contributed by atoms with Gasteiger partial charge in [0.05, 0.1) is 0 Å². The number of urea groups is 1. The third-order valence-electron chi connectivity index (χ3n) is 10.4. The first-order valence-electron chi connectivity index (χ1n) is 19.6. The van der Waals surface area contributed by atoms with Crippen LogP contribution in [0.4, 0.5) is 4.79 Å². The highest BCUT2D eigenvalue weighted by atomic mass is 35.5. The number of nitrogens with zero attached hydrogens (tertiary/aromatic N) is 1. The van der Waals surface area contributed by atoms with E-state index < -0.39 is 53.3 Å². The molecule has 1 fully saturated rings. The number of hydrogen-bond acceptors (Lipinski definition) is 7. The second-order valence-corrected chi connectivity index (χ2v) is 15.1. The van der Waals surface area contributed by atoms with E-state index in [1.165, 1.54) is 4.90 Å². The summed E-state index contributed by atoms with van der Waals surface area (Å²) in [6, 6.07) is 21.0. The Labute approximate surface area is 343 Å². The monoisotopic (exact) mass is 812 g/mol. The highest BCUT2D eigenvalue weighted by Gasteiger charge is 2.39. The molecular weight excluding hydrogens is 760 g/mol. The predicted molar refractivity (Wildman–Crippen MR) is 223 cm³/mol. The molecule has 0 aliphatic carbocycles. The van der Waals surface area contributed by atoms with E-state index in [1.807, 2.05) is 85.8 Å². The number of rotatable bonds is 20. The van der Waals surface area contributed by atoms with Crippen molar-refractivity contribution in [1.82, 2.24) is 36.5 Å². The molecule has 4 aromatic rings. The van der Waals surface area contributed by atoms with E-state index in [4.69, 9.17) is 17.3 Å². The average molecular weight is 813 g/mol. The van der Waals surface area contributed by atoms with Gasteiger partial charge in [0, 0.05) is 56.1 Å². The van der Waals surface area contributed by atoms with Crippen molar-refractivity contribution in [2.75, 3.05) is 25.5 Å². The van der Waals surface area contributed by atoms with Crippen LogP contribution in [-0.4, -0.2) is 95.0 Å². The number of primary amides is 1. The van der Waals surface area contributed by atoms with Crippen molar-refractivity contribution >= 4 is 58.4 Å². The van der Waals surface area contributed by atoms with Crippen molar-refractivity contribution in [1.29, 1.82) is 0 Å². The maximum atomic E-state index is 14.5. The van der Waals surface area contributed by atoms with Gasteiger partial charge in [-0.05, 0) is 61.8 Å². The van der Waals surface area contributed by atoms with Crippen LogP contribution in [-0.2, 0) is 43.4 Å². The molecule has 14 nitrogen and oxygen atoms in total. The number of fused-ring (bicyclic) bond motifs is 1. The van der Waals surface area contributed by atoms with Gasteiger partial charge in [0.1, 0.15) is 35.8 Å². The van der Waals surface area contributed by atoms with E-state index in [0.29, 0.717) is 38.5 Å². The van der Waals surface area contributed by atoms with E-state index >= 15 is 0 Å². The second kappa shape index (κ2) is 21.1. The summed E-state index contributed by atoms with van der Waals surface area (Å²) in [6.45, 7) is 2.92. The van der Waals surface area contributed by atoms with Crippen LogP contribution >= 0.6 is 11.6 Å². The van der Waals surface area contributed by atoms with E-state index in [9.17, 15) is 28.8 Å². The number of H-pyrrole nitrogens is 1. The molecule has 1 aliphatic heterocycles. The van der Waals surface area contributed by atoms with Crippen molar-refractivity contribution < 1.29 is 28.8 Å². The van der Waals surface area contributed by atoms with Crippen molar-refractivity contribution in [3.05, 3.63) is 107 Å². The Morgan fingerprint density at radius 1 is 0.931 bits per heavy atom. The fourth-order valence-electron chi connectivity index (χ4n) is 7.36. The fourth-order valence-corrected chi connectivity index (χ4v) is 7.43. The topological polar surface area (TPSA) is 208 Å². The van der Waals surface area contributed by atoms with E-state index in [-0.39, 0.29) is 44.8 Å². The van der Waals surface area contributed by atoms with Gasteiger partial charge >= 0.3 is 6.03 Å². The largest absolute Gasteiger partial charge is 0.361 e. The predicted octanol–water partition coefficient (Wildman–Crippen LogP) is 3.14. The molecule has 1 saturated heterocycles. The summed E-state index contributed by atoms with van der Waals surface area (Å²) < 4.78 is 0. The van der Waals surface area contributed by atoms with Gasteiger partial charge < -0.3 is 47.0 Å². The number of amides is 6. The Morgan fingerprint density at radius 2 is 1.67 bits per heavy atom. The molecule has 6 amide bonds. The summed E-state index contributed by atoms with van der Waals surface area (Å²) in [5.74, 6) is -2.41. The van der Waals surface area contributed by atoms with Gasteiger partial charge in [-0.25, -0.2) is 4.79 Å². The number of benzene rings is 3. The molecule has 4 atom stereocenters. The molecule has 0 unspecified atom stereocenters. The van der Waals surface area contributed by atoms with E-state index in [1.54, 1.807) is 6.20 Å². The number of carbonyl (C=O) groups is 6. The Bertz CT molecular complexity index is 2030. The maximum Gasteiger partial charge on any atom is 0.312 e.